The Hall–Kier alpha value is -1.88. The SMILES string of the molecule is CO[C@@H](C(=O)N1CCCC(CCC(=O)O)C1)c1ccccc1. The number of rotatable bonds is 6. The third-order valence-corrected chi connectivity index (χ3v) is 4.16. The number of aliphatic carboxylic acids is 1. The molecule has 22 heavy (non-hydrogen) atoms. The summed E-state index contributed by atoms with van der Waals surface area (Å²) in [4.78, 5) is 25.2. The fourth-order valence-electron chi connectivity index (χ4n) is 3.00. The molecule has 0 saturated carbocycles. The molecular weight excluding hydrogens is 282 g/mol. The van der Waals surface area contributed by atoms with Crippen LogP contribution in [0.5, 0.6) is 0 Å². The second-order valence-corrected chi connectivity index (χ2v) is 5.75. The lowest BCUT2D eigenvalue weighted by Crippen LogP contribution is -2.42. The normalized spacial score (nSPS) is 19.7. The number of ether oxygens (including phenoxy) is 1. The Labute approximate surface area is 130 Å². The molecule has 5 heteroatoms. The molecule has 1 unspecified atom stereocenters. The van der Waals surface area contributed by atoms with Gasteiger partial charge in [-0.15, -0.1) is 0 Å². The predicted octanol–water partition coefficient (Wildman–Crippen LogP) is 2.48. The van der Waals surface area contributed by atoms with Gasteiger partial charge in [-0.05, 0) is 30.7 Å². The lowest BCUT2D eigenvalue weighted by molar-refractivity contribution is -0.144. The predicted molar refractivity (Wildman–Crippen MR) is 82.4 cm³/mol. The summed E-state index contributed by atoms with van der Waals surface area (Å²) in [5.74, 6) is -0.543. The van der Waals surface area contributed by atoms with Crippen molar-refractivity contribution in [2.75, 3.05) is 20.2 Å². The Bertz CT molecular complexity index is 503. The molecule has 120 valence electrons. The van der Waals surface area contributed by atoms with Crippen LogP contribution in [0.3, 0.4) is 0 Å². The Balaban J connectivity index is 1.99. The molecule has 0 spiro atoms. The zero-order valence-electron chi connectivity index (χ0n) is 12.9. The largest absolute Gasteiger partial charge is 0.481 e. The minimum atomic E-state index is -0.775. The van der Waals surface area contributed by atoms with E-state index in [1.165, 1.54) is 0 Å². The molecule has 0 radical (unpaired) electrons. The first kappa shape index (κ1) is 16.5. The molecule has 1 amide bonds. The molecule has 1 heterocycles. The lowest BCUT2D eigenvalue weighted by atomic mass is 9.93. The number of likely N-dealkylation sites (tertiary alicyclic amines) is 1. The first-order valence-electron chi connectivity index (χ1n) is 7.70. The van der Waals surface area contributed by atoms with Gasteiger partial charge in [0.1, 0.15) is 0 Å². The number of benzene rings is 1. The van der Waals surface area contributed by atoms with E-state index in [-0.39, 0.29) is 18.2 Å². The van der Waals surface area contributed by atoms with Crippen LogP contribution in [-0.4, -0.2) is 42.1 Å². The van der Waals surface area contributed by atoms with Crippen LogP contribution in [0.2, 0.25) is 0 Å². The number of hydrogen-bond acceptors (Lipinski definition) is 3. The van der Waals surface area contributed by atoms with Crippen LogP contribution in [0.15, 0.2) is 30.3 Å². The van der Waals surface area contributed by atoms with Crippen molar-refractivity contribution in [3.8, 4) is 0 Å². The number of carbonyl (C=O) groups excluding carboxylic acids is 1. The summed E-state index contributed by atoms with van der Waals surface area (Å²) in [7, 11) is 1.54. The van der Waals surface area contributed by atoms with Gasteiger partial charge in [-0.2, -0.15) is 0 Å². The number of methoxy groups -OCH3 is 1. The standard InChI is InChI=1S/C17H23NO4/c1-22-16(14-7-3-2-4-8-14)17(21)18-11-5-6-13(12-18)9-10-15(19)20/h2-4,7-8,13,16H,5-6,9-12H2,1H3,(H,19,20)/t13?,16-/m1/s1. The van der Waals surface area contributed by atoms with Crippen LogP contribution in [0.1, 0.15) is 37.4 Å². The average Bonchev–Trinajstić information content (AvgIpc) is 2.55. The molecular formula is C17H23NO4. The highest BCUT2D eigenvalue weighted by molar-refractivity contribution is 5.82. The fraction of sp³-hybridized carbons (Fsp3) is 0.529. The van der Waals surface area contributed by atoms with Gasteiger partial charge in [0.05, 0.1) is 0 Å². The minimum Gasteiger partial charge on any atom is -0.481 e. The van der Waals surface area contributed by atoms with E-state index >= 15 is 0 Å². The summed E-state index contributed by atoms with van der Waals surface area (Å²) in [5, 5.41) is 8.79. The van der Waals surface area contributed by atoms with Gasteiger partial charge in [-0.1, -0.05) is 30.3 Å². The Morgan fingerprint density at radius 1 is 1.36 bits per heavy atom. The number of carboxylic acid groups (broad SMARTS) is 1. The first-order valence-corrected chi connectivity index (χ1v) is 7.70. The molecule has 2 atom stereocenters. The molecule has 0 aromatic heterocycles. The maximum absolute atomic E-state index is 12.7. The Morgan fingerprint density at radius 3 is 2.73 bits per heavy atom. The summed E-state index contributed by atoms with van der Waals surface area (Å²) in [6.45, 7) is 1.34. The van der Waals surface area contributed by atoms with E-state index in [4.69, 9.17) is 9.84 Å². The van der Waals surface area contributed by atoms with Crippen LogP contribution < -0.4 is 0 Å². The minimum absolute atomic E-state index is 0.0336. The highest BCUT2D eigenvalue weighted by Gasteiger charge is 2.29. The first-order chi connectivity index (χ1) is 10.6. The van der Waals surface area contributed by atoms with Gasteiger partial charge in [0, 0.05) is 26.6 Å². The fourth-order valence-corrected chi connectivity index (χ4v) is 3.00. The third kappa shape index (κ3) is 4.31. The smallest absolute Gasteiger partial charge is 0.303 e. The third-order valence-electron chi connectivity index (χ3n) is 4.16. The second kappa shape index (κ2) is 7.94. The number of piperidine rings is 1. The molecule has 1 aromatic carbocycles. The summed E-state index contributed by atoms with van der Waals surface area (Å²) < 4.78 is 5.40. The van der Waals surface area contributed by atoms with Crippen LogP contribution in [0.4, 0.5) is 0 Å². The van der Waals surface area contributed by atoms with Gasteiger partial charge in [0.15, 0.2) is 6.10 Å². The van der Waals surface area contributed by atoms with Crippen molar-refractivity contribution >= 4 is 11.9 Å². The monoisotopic (exact) mass is 305 g/mol. The number of carbonyl (C=O) groups is 2. The number of amides is 1. The van der Waals surface area contributed by atoms with Gasteiger partial charge in [-0.25, -0.2) is 0 Å². The van der Waals surface area contributed by atoms with Crippen LogP contribution in [0.25, 0.3) is 0 Å². The van der Waals surface area contributed by atoms with Gasteiger partial charge >= 0.3 is 5.97 Å². The van der Waals surface area contributed by atoms with Crippen molar-refractivity contribution in [3.63, 3.8) is 0 Å². The van der Waals surface area contributed by atoms with Crippen LogP contribution in [0, 0.1) is 5.92 Å². The molecule has 2 rings (SSSR count). The van der Waals surface area contributed by atoms with Crippen molar-refractivity contribution in [1.29, 1.82) is 0 Å². The highest BCUT2D eigenvalue weighted by atomic mass is 16.5. The number of nitrogens with zero attached hydrogens (tertiary/aromatic N) is 1. The van der Waals surface area contributed by atoms with E-state index in [0.717, 1.165) is 24.9 Å². The van der Waals surface area contributed by atoms with E-state index in [1.54, 1.807) is 7.11 Å². The van der Waals surface area contributed by atoms with Crippen molar-refractivity contribution in [1.82, 2.24) is 4.90 Å². The van der Waals surface area contributed by atoms with E-state index in [2.05, 4.69) is 0 Å². The van der Waals surface area contributed by atoms with Crippen molar-refractivity contribution in [2.24, 2.45) is 5.92 Å². The molecule has 5 nitrogen and oxygen atoms in total. The lowest BCUT2D eigenvalue weighted by Gasteiger charge is -2.34. The molecule has 0 bridgehead atoms. The maximum Gasteiger partial charge on any atom is 0.303 e. The maximum atomic E-state index is 12.7. The summed E-state index contributed by atoms with van der Waals surface area (Å²) in [6.07, 6.45) is 2.11. The molecule has 1 fully saturated rings. The van der Waals surface area contributed by atoms with Crippen molar-refractivity contribution in [3.05, 3.63) is 35.9 Å². The van der Waals surface area contributed by atoms with Gasteiger partial charge < -0.3 is 14.7 Å². The molecule has 1 aliphatic rings. The van der Waals surface area contributed by atoms with E-state index in [0.29, 0.717) is 13.0 Å². The summed E-state index contributed by atoms with van der Waals surface area (Å²) >= 11 is 0. The van der Waals surface area contributed by atoms with Gasteiger partial charge in [0.2, 0.25) is 0 Å². The van der Waals surface area contributed by atoms with E-state index in [1.807, 2.05) is 35.2 Å². The molecule has 1 N–H and O–H groups in total. The van der Waals surface area contributed by atoms with Gasteiger partial charge in [0.25, 0.3) is 5.91 Å². The van der Waals surface area contributed by atoms with E-state index in [9.17, 15) is 9.59 Å². The van der Waals surface area contributed by atoms with Crippen LogP contribution in [-0.2, 0) is 14.3 Å². The Morgan fingerprint density at radius 2 is 2.09 bits per heavy atom. The summed E-state index contributed by atoms with van der Waals surface area (Å²) in [5.41, 5.74) is 0.850. The quantitative estimate of drug-likeness (QED) is 0.877. The van der Waals surface area contributed by atoms with Crippen LogP contribution >= 0.6 is 0 Å². The molecule has 1 aromatic rings. The summed E-state index contributed by atoms with van der Waals surface area (Å²) in [6, 6.07) is 9.46. The Kier molecular flexibility index (Phi) is 5.95. The number of hydrogen-bond donors (Lipinski definition) is 1. The highest BCUT2D eigenvalue weighted by Crippen LogP contribution is 2.25. The zero-order valence-corrected chi connectivity index (χ0v) is 12.9. The zero-order chi connectivity index (χ0) is 15.9. The second-order valence-electron chi connectivity index (χ2n) is 5.75. The topological polar surface area (TPSA) is 66.8 Å². The molecule has 1 saturated heterocycles. The molecule has 0 aliphatic carbocycles. The van der Waals surface area contributed by atoms with Crippen molar-refractivity contribution < 1.29 is 19.4 Å². The molecule has 1 aliphatic heterocycles. The van der Waals surface area contributed by atoms with E-state index < -0.39 is 12.1 Å². The van der Waals surface area contributed by atoms with Gasteiger partial charge in [-0.3, -0.25) is 9.59 Å². The number of carboxylic acids is 1. The average molecular weight is 305 g/mol. The van der Waals surface area contributed by atoms with Crippen molar-refractivity contribution in [2.45, 2.75) is 31.8 Å².